The molecule has 0 aromatic heterocycles. The van der Waals surface area contributed by atoms with Crippen LogP contribution in [0.2, 0.25) is 0 Å². The lowest BCUT2D eigenvalue weighted by molar-refractivity contribution is 0.417. The van der Waals surface area contributed by atoms with Gasteiger partial charge in [0.15, 0.2) is 0 Å². The fourth-order valence-electron chi connectivity index (χ4n) is 0.231. The lowest BCUT2D eigenvalue weighted by Crippen LogP contribution is -2.18. The van der Waals surface area contributed by atoms with Crippen LogP contribution in [0.4, 0.5) is 0 Å². The van der Waals surface area contributed by atoms with Gasteiger partial charge in [-0.05, 0) is 14.0 Å². The number of aliphatic hydroxyl groups excluding tert-OH is 1. The van der Waals surface area contributed by atoms with Gasteiger partial charge in [0.25, 0.3) is 10.1 Å². The van der Waals surface area contributed by atoms with Crippen LogP contribution in [0.1, 0.15) is 6.92 Å². The Morgan fingerprint density at radius 3 is 2.00 bits per heavy atom. The highest BCUT2D eigenvalue weighted by Gasteiger charge is 1.99. The minimum absolute atomic E-state index is 0.167. The molecule has 0 aromatic carbocycles. The van der Waals surface area contributed by atoms with Crippen LogP contribution in [0.3, 0.4) is 0 Å². The molecule has 6 heteroatoms. The van der Waals surface area contributed by atoms with Gasteiger partial charge in [0.05, 0.1) is 11.5 Å². The van der Waals surface area contributed by atoms with E-state index in [1.807, 2.05) is 0 Å². The molecule has 0 spiro atoms. The van der Waals surface area contributed by atoms with Crippen molar-refractivity contribution < 1.29 is 18.1 Å². The molecule has 3 N–H and O–H groups in total. The molecule has 0 unspecified atom stereocenters. The average molecular weight is 197 g/mol. The smallest absolute Gasteiger partial charge is 0.266 e. The molecule has 0 atom stereocenters. The predicted octanol–water partition coefficient (Wildman–Crippen LogP) is 0.172. The minimum atomic E-state index is -3.75. The third kappa shape index (κ3) is 34.2. The van der Waals surface area contributed by atoms with Crippen molar-refractivity contribution >= 4 is 10.1 Å². The molecule has 0 aliphatic carbocycles. The quantitative estimate of drug-likeness (QED) is 0.443. The molecule has 0 saturated carbocycles. The largest absolute Gasteiger partial charge is 0.513 e. The molecular weight excluding hydrogens is 182 g/mol. The maximum absolute atomic E-state index is 9.91. The van der Waals surface area contributed by atoms with Crippen molar-refractivity contribution in [3.63, 3.8) is 0 Å². The lowest BCUT2D eigenvalue weighted by Gasteiger charge is -1.92. The summed E-state index contributed by atoms with van der Waals surface area (Å²) in [4.78, 5) is 0. The highest BCUT2D eigenvalue weighted by molar-refractivity contribution is 7.85. The molecule has 0 bridgehead atoms. The molecule has 74 valence electrons. The summed E-state index contributed by atoms with van der Waals surface area (Å²) >= 11 is 0. The molecule has 0 aromatic rings. The molecule has 0 aliphatic rings. The Balaban J connectivity index is 0. The molecule has 0 aliphatic heterocycles. The number of aliphatic hydroxyl groups is 1. The fraction of sp³-hybridized carbons (Fsp3) is 0.667. The van der Waals surface area contributed by atoms with Crippen molar-refractivity contribution in [1.29, 1.82) is 0 Å². The second-order valence-electron chi connectivity index (χ2n) is 2.12. The summed E-state index contributed by atoms with van der Waals surface area (Å²) in [5.74, 6) is -0.0521. The Labute approximate surface area is 72.9 Å². The van der Waals surface area contributed by atoms with E-state index in [1.165, 1.54) is 6.92 Å². The highest BCUT2D eigenvalue weighted by atomic mass is 32.2. The van der Waals surface area contributed by atoms with Gasteiger partial charge in [-0.3, -0.25) is 4.55 Å². The summed E-state index contributed by atoms with van der Waals surface area (Å²) in [6.45, 7) is 4.93. The summed E-state index contributed by atoms with van der Waals surface area (Å²) in [5, 5.41) is 10.4. The van der Waals surface area contributed by atoms with Crippen molar-refractivity contribution in [3.8, 4) is 0 Å². The topological polar surface area (TPSA) is 86.6 Å². The van der Waals surface area contributed by atoms with Crippen molar-refractivity contribution in [2.24, 2.45) is 0 Å². The van der Waals surface area contributed by atoms with Crippen molar-refractivity contribution in [2.75, 3.05) is 19.3 Å². The number of hydrogen-bond donors (Lipinski definition) is 3. The van der Waals surface area contributed by atoms with Gasteiger partial charge in [0.2, 0.25) is 0 Å². The Morgan fingerprint density at radius 1 is 1.58 bits per heavy atom. The maximum atomic E-state index is 9.91. The Hall–Kier alpha value is -0.590. The van der Waals surface area contributed by atoms with Crippen LogP contribution in [0.15, 0.2) is 12.3 Å². The van der Waals surface area contributed by atoms with Gasteiger partial charge >= 0.3 is 0 Å². The fourth-order valence-corrected chi connectivity index (χ4v) is 0.693. The SMILES string of the molecule is C=C(C)O.CNCCS(=O)(=O)O. The van der Waals surface area contributed by atoms with Crippen molar-refractivity contribution in [2.45, 2.75) is 6.92 Å². The van der Waals surface area contributed by atoms with Crippen molar-refractivity contribution in [1.82, 2.24) is 5.32 Å². The number of rotatable bonds is 3. The Bertz CT molecular complexity index is 206. The third-order valence-corrected chi connectivity index (χ3v) is 1.33. The molecule has 0 fully saturated rings. The summed E-state index contributed by atoms with van der Waals surface area (Å²) in [7, 11) is -2.13. The first kappa shape index (κ1) is 14.0. The zero-order valence-electron chi connectivity index (χ0n) is 7.24. The van der Waals surface area contributed by atoms with Gasteiger partial charge in [0, 0.05) is 6.54 Å². The zero-order chi connectivity index (χ0) is 10.2. The van der Waals surface area contributed by atoms with E-state index in [-0.39, 0.29) is 11.5 Å². The summed E-state index contributed by atoms with van der Waals surface area (Å²) < 4.78 is 27.9. The van der Waals surface area contributed by atoms with E-state index in [4.69, 9.17) is 9.66 Å². The molecule has 0 amide bonds. The van der Waals surface area contributed by atoms with Gasteiger partial charge in [-0.15, -0.1) is 0 Å². The van der Waals surface area contributed by atoms with E-state index in [1.54, 1.807) is 7.05 Å². The van der Waals surface area contributed by atoms with E-state index >= 15 is 0 Å². The second-order valence-corrected chi connectivity index (χ2v) is 3.70. The summed E-state index contributed by atoms with van der Waals surface area (Å²) in [6, 6.07) is 0. The predicted molar refractivity (Wildman–Crippen MR) is 47.8 cm³/mol. The van der Waals surface area contributed by atoms with Crippen LogP contribution in [0, 0.1) is 0 Å². The Kier molecular flexibility index (Phi) is 8.24. The number of nitrogens with one attached hydrogen (secondary N) is 1. The molecule has 0 saturated heterocycles. The third-order valence-electron chi connectivity index (χ3n) is 0.610. The van der Waals surface area contributed by atoms with Gasteiger partial charge in [0.1, 0.15) is 0 Å². The molecule has 0 rings (SSSR count). The highest BCUT2D eigenvalue weighted by Crippen LogP contribution is 1.76. The maximum Gasteiger partial charge on any atom is 0.266 e. The van der Waals surface area contributed by atoms with Crippen LogP contribution in [-0.4, -0.2) is 37.4 Å². The van der Waals surface area contributed by atoms with E-state index < -0.39 is 10.1 Å². The van der Waals surface area contributed by atoms with Crippen LogP contribution < -0.4 is 5.32 Å². The molecule has 5 nitrogen and oxygen atoms in total. The zero-order valence-corrected chi connectivity index (χ0v) is 8.06. The summed E-state index contributed by atoms with van der Waals surface area (Å²) in [5.41, 5.74) is 0. The number of allylic oxidation sites excluding steroid dienone is 1. The molecular formula is C6H15NO4S. The van der Waals surface area contributed by atoms with Gasteiger partial charge in [-0.25, -0.2) is 0 Å². The van der Waals surface area contributed by atoms with Crippen LogP contribution >= 0.6 is 0 Å². The molecule has 12 heavy (non-hydrogen) atoms. The van der Waals surface area contributed by atoms with Crippen LogP contribution in [-0.2, 0) is 10.1 Å². The monoisotopic (exact) mass is 197 g/mol. The normalized spacial score (nSPS) is 9.92. The minimum Gasteiger partial charge on any atom is -0.513 e. The summed E-state index contributed by atoms with van der Waals surface area (Å²) in [6.07, 6.45) is 0. The van der Waals surface area contributed by atoms with Gasteiger partial charge in [-0.2, -0.15) is 8.42 Å². The van der Waals surface area contributed by atoms with E-state index in [9.17, 15) is 8.42 Å². The number of hydrogen-bond acceptors (Lipinski definition) is 4. The molecule has 0 heterocycles. The van der Waals surface area contributed by atoms with Crippen LogP contribution in [0.5, 0.6) is 0 Å². The Morgan fingerprint density at radius 2 is 1.92 bits per heavy atom. The van der Waals surface area contributed by atoms with Crippen molar-refractivity contribution in [3.05, 3.63) is 12.3 Å². The van der Waals surface area contributed by atoms with Gasteiger partial charge in [-0.1, -0.05) is 6.58 Å². The van der Waals surface area contributed by atoms with E-state index in [0.29, 0.717) is 6.54 Å². The lowest BCUT2D eigenvalue weighted by atomic mass is 10.7. The van der Waals surface area contributed by atoms with E-state index in [2.05, 4.69) is 11.9 Å². The second kappa shape index (κ2) is 7.08. The van der Waals surface area contributed by atoms with Crippen LogP contribution in [0.25, 0.3) is 0 Å². The first-order chi connectivity index (χ1) is 5.29. The van der Waals surface area contributed by atoms with Gasteiger partial charge < -0.3 is 10.4 Å². The first-order valence-corrected chi connectivity index (χ1v) is 4.84. The standard InChI is InChI=1S/C3H9NO3S.C3H6O/c1-4-2-3-8(5,6)7;1-3(2)4/h4H,2-3H2,1H3,(H,5,6,7);4H,1H2,2H3. The molecule has 0 radical (unpaired) electrons. The average Bonchev–Trinajstić information content (AvgIpc) is 1.80. The van der Waals surface area contributed by atoms with E-state index in [0.717, 1.165) is 0 Å². The first-order valence-electron chi connectivity index (χ1n) is 3.24.